The third-order valence-corrected chi connectivity index (χ3v) is 5.09. The maximum absolute atomic E-state index is 12.1. The molecular weight excluding hydrogens is 326 g/mol. The second-order valence-corrected chi connectivity index (χ2v) is 6.72. The zero-order chi connectivity index (χ0) is 15.9. The molecule has 0 aliphatic rings. The second-order valence-electron chi connectivity index (χ2n) is 4.92. The molecule has 0 fully saturated rings. The van der Waals surface area contributed by atoms with Crippen LogP contribution in [0.25, 0.3) is 9.88 Å². The van der Waals surface area contributed by atoms with Crippen LogP contribution in [0.3, 0.4) is 0 Å². The van der Waals surface area contributed by atoms with E-state index in [1.165, 1.54) is 11.3 Å². The van der Waals surface area contributed by atoms with Crippen molar-refractivity contribution in [3.63, 3.8) is 0 Å². The summed E-state index contributed by atoms with van der Waals surface area (Å²) >= 11 is 3.13. The number of nitrogens with zero attached hydrogens (tertiary/aromatic N) is 1. The van der Waals surface area contributed by atoms with E-state index in [9.17, 15) is 4.79 Å². The quantitative estimate of drug-likeness (QED) is 0.635. The molecule has 0 bridgehead atoms. The van der Waals surface area contributed by atoms with Crippen LogP contribution in [0.15, 0.2) is 53.2 Å². The molecule has 2 aromatic heterocycles. The van der Waals surface area contributed by atoms with Gasteiger partial charge in [-0.2, -0.15) is 0 Å². The minimum absolute atomic E-state index is 0.108. The van der Waals surface area contributed by atoms with Crippen molar-refractivity contribution in [1.29, 1.82) is 0 Å². The fraction of sp³-hybridized carbons (Fsp3) is 0.176. The molecule has 118 valence electrons. The number of thiazole rings is 1. The number of amides is 1. The summed E-state index contributed by atoms with van der Waals surface area (Å²) in [5, 5.41) is 11.0. The monoisotopic (exact) mass is 343 g/mol. The Morgan fingerprint density at radius 1 is 1.04 bits per heavy atom. The Labute approximate surface area is 143 Å². The Morgan fingerprint density at radius 2 is 1.91 bits per heavy atom. The SMILES string of the molecule is O=C(NCCCNc1ccccc1)c1csc(-c2cccs2)n1. The summed E-state index contributed by atoms with van der Waals surface area (Å²) in [6, 6.07) is 14.0. The van der Waals surface area contributed by atoms with Gasteiger partial charge in [0, 0.05) is 24.2 Å². The largest absolute Gasteiger partial charge is 0.385 e. The maximum Gasteiger partial charge on any atom is 0.270 e. The average Bonchev–Trinajstić information content (AvgIpc) is 3.26. The topological polar surface area (TPSA) is 54.0 Å². The van der Waals surface area contributed by atoms with E-state index in [-0.39, 0.29) is 5.91 Å². The lowest BCUT2D eigenvalue weighted by molar-refractivity contribution is 0.0949. The lowest BCUT2D eigenvalue weighted by Crippen LogP contribution is -2.26. The van der Waals surface area contributed by atoms with Gasteiger partial charge in [0.05, 0.1) is 4.88 Å². The second kappa shape index (κ2) is 7.89. The molecule has 4 nitrogen and oxygen atoms in total. The van der Waals surface area contributed by atoms with Crippen molar-refractivity contribution >= 4 is 34.3 Å². The number of rotatable bonds is 7. The van der Waals surface area contributed by atoms with Crippen LogP contribution >= 0.6 is 22.7 Å². The molecule has 0 saturated carbocycles. The number of carbonyl (C=O) groups excluding carboxylic acids is 1. The lowest BCUT2D eigenvalue weighted by Gasteiger charge is -2.06. The third-order valence-electron chi connectivity index (χ3n) is 3.21. The molecule has 0 aliphatic heterocycles. The van der Waals surface area contributed by atoms with Crippen LogP contribution in [0.2, 0.25) is 0 Å². The number of anilines is 1. The number of hydrogen-bond donors (Lipinski definition) is 2. The molecule has 0 aliphatic carbocycles. The number of aromatic nitrogens is 1. The van der Waals surface area contributed by atoms with E-state index < -0.39 is 0 Å². The highest BCUT2D eigenvalue weighted by molar-refractivity contribution is 7.20. The molecule has 0 unspecified atom stereocenters. The van der Waals surface area contributed by atoms with Crippen molar-refractivity contribution < 1.29 is 4.79 Å². The van der Waals surface area contributed by atoms with E-state index in [0.29, 0.717) is 12.2 Å². The van der Waals surface area contributed by atoms with Gasteiger partial charge >= 0.3 is 0 Å². The Balaban J connectivity index is 1.41. The third kappa shape index (κ3) is 4.40. The number of carbonyl (C=O) groups is 1. The summed E-state index contributed by atoms with van der Waals surface area (Å²) in [7, 11) is 0. The molecule has 3 aromatic rings. The maximum atomic E-state index is 12.1. The van der Waals surface area contributed by atoms with Gasteiger partial charge < -0.3 is 10.6 Å². The summed E-state index contributed by atoms with van der Waals surface area (Å²) in [6.07, 6.45) is 0.864. The number of nitrogens with one attached hydrogen (secondary N) is 2. The van der Waals surface area contributed by atoms with Gasteiger partial charge in [-0.3, -0.25) is 4.79 Å². The lowest BCUT2D eigenvalue weighted by atomic mass is 10.3. The Morgan fingerprint density at radius 3 is 2.70 bits per heavy atom. The van der Waals surface area contributed by atoms with E-state index in [2.05, 4.69) is 15.6 Å². The van der Waals surface area contributed by atoms with Gasteiger partial charge in [-0.25, -0.2) is 4.98 Å². The normalized spacial score (nSPS) is 10.4. The molecule has 0 spiro atoms. The number of hydrogen-bond acceptors (Lipinski definition) is 5. The van der Waals surface area contributed by atoms with Crippen LogP contribution in [0.5, 0.6) is 0 Å². The van der Waals surface area contributed by atoms with E-state index in [0.717, 1.165) is 28.5 Å². The molecule has 1 amide bonds. The molecular formula is C17H17N3OS2. The van der Waals surface area contributed by atoms with Crippen LogP contribution in [-0.2, 0) is 0 Å². The molecule has 0 saturated heterocycles. The Hall–Kier alpha value is -2.18. The highest BCUT2D eigenvalue weighted by Gasteiger charge is 2.11. The first-order valence-corrected chi connectivity index (χ1v) is 9.15. The zero-order valence-electron chi connectivity index (χ0n) is 12.5. The Bertz CT molecular complexity index is 738. The number of thiophene rings is 1. The minimum Gasteiger partial charge on any atom is -0.385 e. The highest BCUT2D eigenvalue weighted by atomic mass is 32.1. The summed E-state index contributed by atoms with van der Waals surface area (Å²) in [5.41, 5.74) is 1.59. The summed E-state index contributed by atoms with van der Waals surface area (Å²) in [5.74, 6) is -0.108. The van der Waals surface area contributed by atoms with E-state index in [4.69, 9.17) is 0 Å². The van der Waals surface area contributed by atoms with Crippen LogP contribution in [0.4, 0.5) is 5.69 Å². The average molecular weight is 343 g/mol. The molecule has 0 atom stereocenters. The zero-order valence-corrected chi connectivity index (χ0v) is 14.1. The van der Waals surface area contributed by atoms with Crippen LogP contribution in [-0.4, -0.2) is 24.0 Å². The number of para-hydroxylation sites is 1. The van der Waals surface area contributed by atoms with Gasteiger partial charge in [-0.15, -0.1) is 22.7 Å². The first-order valence-electron chi connectivity index (χ1n) is 7.39. The first kappa shape index (κ1) is 15.7. The summed E-state index contributed by atoms with van der Waals surface area (Å²) in [6.45, 7) is 1.45. The number of benzene rings is 1. The minimum atomic E-state index is -0.108. The van der Waals surface area contributed by atoms with Crippen molar-refractivity contribution in [2.75, 3.05) is 18.4 Å². The molecule has 1 aromatic carbocycles. The fourth-order valence-corrected chi connectivity index (χ4v) is 3.68. The molecule has 0 radical (unpaired) electrons. The highest BCUT2D eigenvalue weighted by Crippen LogP contribution is 2.27. The van der Waals surface area contributed by atoms with Gasteiger partial charge in [0.1, 0.15) is 10.7 Å². The molecule has 6 heteroatoms. The first-order chi connectivity index (χ1) is 11.3. The molecule has 2 N–H and O–H groups in total. The van der Waals surface area contributed by atoms with Crippen molar-refractivity contribution in [1.82, 2.24) is 10.3 Å². The predicted molar refractivity (Wildman–Crippen MR) is 97.3 cm³/mol. The van der Waals surface area contributed by atoms with Crippen molar-refractivity contribution in [3.8, 4) is 9.88 Å². The van der Waals surface area contributed by atoms with Gasteiger partial charge in [0.15, 0.2) is 0 Å². The predicted octanol–water partition coefficient (Wildman–Crippen LogP) is 4.10. The van der Waals surface area contributed by atoms with Crippen LogP contribution in [0, 0.1) is 0 Å². The standard InChI is InChI=1S/C17H17N3OS2/c21-16(14-12-23-17(20-14)15-8-4-11-22-15)19-10-5-9-18-13-6-2-1-3-7-13/h1-4,6-8,11-12,18H,5,9-10H2,(H,19,21). The van der Waals surface area contributed by atoms with E-state index >= 15 is 0 Å². The van der Waals surface area contributed by atoms with E-state index in [1.54, 1.807) is 11.3 Å². The molecule has 2 heterocycles. The molecule has 3 rings (SSSR count). The van der Waals surface area contributed by atoms with Crippen LogP contribution in [0.1, 0.15) is 16.9 Å². The van der Waals surface area contributed by atoms with Crippen molar-refractivity contribution in [2.45, 2.75) is 6.42 Å². The van der Waals surface area contributed by atoms with Gasteiger partial charge in [-0.05, 0) is 30.0 Å². The summed E-state index contributed by atoms with van der Waals surface area (Å²) < 4.78 is 0. The van der Waals surface area contributed by atoms with Crippen molar-refractivity contribution in [2.24, 2.45) is 0 Å². The van der Waals surface area contributed by atoms with Gasteiger partial charge in [-0.1, -0.05) is 24.3 Å². The fourth-order valence-electron chi connectivity index (χ4n) is 2.06. The van der Waals surface area contributed by atoms with E-state index in [1.807, 2.05) is 53.2 Å². The molecule has 23 heavy (non-hydrogen) atoms. The Kier molecular flexibility index (Phi) is 5.39. The smallest absolute Gasteiger partial charge is 0.270 e. The van der Waals surface area contributed by atoms with Gasteiger partial charge in [0.25, 0.3) is 5.91 Å². The van der Waals surface area contributed by atoms with Crippen LogP contribution < -0.4 is 10.6 Å². The summed E-state index contributed by atoms with van der Waals surface area (Å²) in [4.78, 5) is 17.6. The van der Waals surface area contributed by atoms with Gasteiger partial charge in [0.2, 0.25) is 0 Å². The van der Waals surface area contributed by atoms with Crippen molar-refractivity contribution in [3.05, 3.63) is 58.9 Å².